The minimum atomic E-state index is 0.0157. The number of rotatable bonds is 2. The van der Waals surface area contributed by atoms with Crippen molar-refractivity contribution in [2.24, 2.45) is 7.05 Å². The second kappa shape index (κ2) is 5.22. The lowest BCUT2D eigenvalue weighted by Gasteiger charge is -2.28. The first-order valence-corrected chi connectivity index (χ1v) is 7.47. The van der Waals surface area contributed by atoms with Gasteiger partial charge in [-0.2, -0.15) is 5.10 Å². The summed E-state index contributed by atoms with van der Waals surface area (Å²) in [5.41, 5.74) is 3.76. The van der Waals surface area contributed by atoms with Crippen molar-refractivity contribution in [3.05, 3.63) is 41.2 Å². The normalized spacial score (nSPS) is 16.0. The third kappa shape index (κ3) is 3.13. The summed E-state index contributed by atoms with van der Waals surface area (Å²) in [6.45, 7) is 9.39. The lowest BCUT2D eigenvalue weighted by Crippen LogP contribution is -2.31. The number of fused-ring (bicyclic) bond motifs is 1. The molecule has 0 spiro atoms. The molecule has 0 bridgehead atoms. The minimum Gasteiger partial charge on any atom is -0.294 e. The summed E-state index contributed by atoms with van der Waals surface area (Å²) in [5, 5.41) is 4.23. The molecule has 0 aromatic carbocycles. The van der Waals surface area contributed by atoms with E-state index in [9.17, 15) is 0 Å². The molecule has 3 rings (SSSR count). The van der Waals surface area contributed by atoms with Crippen LogP contribution in [0.25, 0.3) is 0 Å². The van der Waals surface area contributed by atoms with Gasteiger partial charge in [0.15, 0.2) is 0 Å². The Morgan fingerprint density at radius 1 is 1.24 bits per heavy atom. The molecule has 0 radical (unpaired) electrons. The topological polar surface area (TPSA) is 46.8 Å². The number of aryl methyl sites for hydroxylation is 1. The molecule has 0 amide bonds. The minimum absolute atomic E-state index is 0.0157. The van der Waals surface area contributed by atoms with Crippen LogP contribution in [0.4, 0.5) is 0 Å². The molecule has 3 heterocycles. The predicted molar refractivity (Wildman–Crippen MR) is 81.8 cm³/mol. The lowest BCUT2D eigenvalue weighted by molar-refractivity contribution is 0.242. The van der Waals surface area contributed by atoms with Gasteiger partial charge in [0, 0.05) is 67.7 Å². The molecular formula is C16H23N5. The molecule has 112 valence electrons. The zero-order valence-electron chi connectivity index (χ0n) is 13.3. The van der Waals surface area contributed by atoms with Gasteiger partial charge in [-0.05, 0) is 0 Å². The van der Waals surface area contributed by atoms with Crippen molar-refractivity contribution < 1.29 is 0 Å². The fraction of sp³-hybridized carbons (Fsp3) is 0.562. The molecule has 0 unspecified atom stereocenters. The van der Waals surface area contributed by atoms with E-state index in [1.807, 2.05) is 24.1 Å². The zero-order chi connectivity index (χ0) is 15.0. The highest BCUT2D eigenvalue weighted by Crippen LogP contribution is 2.23. The number of hydrogen-bond acceptors (Lipinski definition) is 4. The molecule has 0 N–H and O–H groups in total. The van der Waals surface area contributed by atoms with E-state index in [-0.39, 0.29) is 5.41 Å². The fourth-order valence-corrected chi connectivity index (χ4v) is 2.68. The Hall–Kier alpha value is -1.75. The summed E-state index contributed by atoms with van der Waals surface area (Å²) in [7, 11) is 1.96. The van der Waals surface area contributed by atoms with Crippen LogP contribution >= 0.6 is 0 Å². The highest BCUT2D eigenvalue weighted by atomic mass is 15.2. The van der Waals surface area contributed by atoms with Crippen LogP contribution in [-0.2, 0) is 32.0 Å². The van der Waals surface area contributed by atoms with Gasteiger partial charge in [0.1, 0.15) is 5.82 Å². The third-order valence-corrected chi connectivity index (χ3v) is 3.85. The van der Waals surface area contributed by atoms with Crippen molar-refractivity contribution in [1.29, 1.82) is 0 Å². The van der Waals surface area contributed by atoms with Gasteiger partial charge < -0.3 is 0 Å². The number of hydrogen-bond donors (Lipinski definition) is 0. The molecule has 5 heteroatoms. The Morgan fingerprint density at radius 2 is 2.05 bits per heavy atom. The molecule has 2 aromatic heterocycles. The maximum Gasteiger partial charge on any atom is 0.133 e. The summed E-state index contributed by atoms with van der Waals surface area (Å²) in [6.07, 6.45) is 7.03. The summed E-state index contributed by atoms with van der Waals surface area (Å²) in [4.78, 5) is 11.8. The quantitative estimate of drug-likeness (QED) is 0.847. The Labute approximate surface area is 126 Å². The molecule has 1 aliphatic heterocycles. The first-order valence-electron chi connectivity index (χ1n) is 7.47. The second-order valence-corrected chi connectivity index (χ2v) is 6.90. The molecule has 21 heavy (non-hydrogen) atoms. The van der Waals surface area contributed by atoms with E-state index in [1.165, 1.54) is 16.8 Å². The molecule has 0 saturated carbocycles. The maximum atomic E-state index is 4.78. The summed E-state index contributed by atoms with van der Waals surface area (Å²) in [6, 6.07) is 0. The second-order valence-electron chi connectivity index (χ2n) is 6.90. The van der Waals surface area contributed by atoms with Crippen molar-refractivity contribution in [2.45, 2.75) is 45.7 Å². The van der Waals surface area contributed by atoms with E-state index in [4.69, 9.17) is 4.98 Å². The van der Waals surface area contributed by atoms with Crippen molar-refractivity contribution in [1.82, 2.24) is 24.6 Å². The van der Waals surface area contributed by atoms with Gasteiger partial charge in [0.25, 0.3) is 0 Å². The first-order chi connectivity index (χ1) is 9.91. The Bertz CT molecular complexity index is 638. The van der Waals surface area contributed by atoms with E-state index in [0.717, 1.165) is 31.9 Å². The van der Waals surface area contributed by atoms with Crippen LogP contribution < -0.4 is 0 Å². The Morgan fingerprint density at radius 3 is 2.71 bits per heavy atom. The van der Waals surface area contributed by atoms with E-state index >= 15 is 0 Å². The maximum absolute atomic E-state index is 4.78. The van der Waals surface area contributed by atoms with E-state index in [2.05, 4.69) is 42.0 Å². The smallest absolute Gasteiger partial charge is 0.133 e. The van der Waals surface area contributed by atoms with Crippen LogP contribution in [-0.4, -0.2) is 31.2 Å². The Balaban J connectivity index is 1.74. The van der Waals surface area contributed by atoms with Gasteiger partial charge in [-0.3, -0.25) is 9.58 Å². The lowest BCUT2D eigenvalue weighted by atomic mass is 9.95. The van der Waals surface area contributed by atoms with Gasteiger partial charge >= 0.3 is 0 Å². The molecule has 0 atom stereocenters. The largest absolute Gasteiger partial charge is 0.294 e. The molecular weight excluding hydrogens is 262 g/mol. The highest BCUT2D eigenvalue weighted by molar-refractivity contribution is 5.22. The average Bonchev–Trinajstić information content (AvgIpc) is 2.82. The van der Waals surface area contributed by atoms with Gasteiger partial charge in [0.2, 0.25) is 0 Å². The molecule has 0 fully saturated rings. The van der Waals surface area contributed by atoms with Gasteiger partial charge in [-0.25, -0.2) is 9.97 Å². The Kier molecular flexibility index (Phi) is 3.53. The van der Waals surface area contributed by atoms with Crippen LogP contribution in [0.3, 0.4) is 0 Å². The van der Waals surface area contributed by atoms with E-state index in [0.29, 0.717) is 0 Å². The van der Waals surface area contributed by atoms with Crippen LogP contribution in [0.15, 0.2) is 18.6 Å². The highest BCUT2D eigenvalue weighted by Gasteiger charge is 2.22. The van der Waals surface area contributed by atoms with Crippen LogP contribution in [0.1, 0.15) is 43.4 Å². The SMILES string of the molecule is Cn1cc(CN2CCc3nc(C(C)(C)C)ncc3C2)cn1. The van der Waals surface area contributed by atoms with E-state index < -0.39 is 0 Å². The predicted octanol–water partition coefficient (Wildman–Crippen LogP) is 2.07. The van der Waals surface area contributed by atoms with Gasteiger partial charge in [-0.1, -0.05) is 20.8 Å². The van der Waals surface area contributed by atoms with Gasteiger partial charge in [0.05, 0.1) is 6.20 Å². The summed E-state index contributed by atoms with van der Waals surface area (Å²) in [5.74, 6) is 0.946. The van der Waals surface area contributed by atoms with Crippen molar-refractivity contribution in [3.63, 3.8) is 0 Å². The van der Waals surface area contributed by atoms with E-state index in [1.54, 1.807) is 0 Å². The summed E-state index contributed by atoms with van der Waals surface area (Å²) < 4.78 is 1.85. The van der Waals surface area contributed by atoms with Crippen LogP contribution in [0.2, 0.25) is 0 Å². The summed E-state index contributed by atoms with van der Waals surface area (Å²) >= 11 is 0. The van der Waals surface area contributed by atoms with Crippen molar-refractivity contribution >= 4 is 0 Å². The van der Waals surface area contributed by atoms with Crippen LogP contribution in [0, 0.1) is 0 Å². The molecule has 0 aliphatic carbocycles. The molecule has 5 nitrogen and oxygen atoms in total. The molecule has 2 aromatic rings. The van der Waals surface area contributed by atoms with Crippen molar-refractivity contribution in [2.75, 3.05) is 6.54 Å². The van der Waals surface area contributed by atoms with Crippen LogP contribution in [0.5, 0.6) is 0 Å². The first kappa shape index (κ1) is 14.2. The molecule has 1 aliphatic rings. The fourth-order valence-electron chi connectivity index (χ4n) is 2.68. The number of aromatic nitrogens is 4. The monoisotopic (exact) mass is 285 g/mol. The number of nitrogens with zero attached hydrogens (tertiary/aromatic N) is 5. The standard InChI is InChI=1S/C16H23N5/c1-16(2,3)15-17-8-13-11-21(6-5-14(13)19-15)10-12-7-18-20(4)9-12/h7-9H,5-6,10-11H2,1-4H3. The van der Waals surface area contributed by atoms with Crippen molar-refractivity contribution in [3.8, 4) is 0 Å². The third-order valence-electron chi connectivity index (χ3n) is 3.85. The van der Waals surface area contributed by atoms with Gasteiger partial charge in [-0.15, -0.1) is 0 Å². The average molecular weight is 285 g/mol. The zero-order valence-corrected chi connectivity index (χ0v) is 13.3. The molecule has 0 saturated heterocycles.